The molecular formula is C20H18F3N3O2. The Hall–Kier alpha value is -2.87. The summed E-state index contributed by atoms with van der Waals surface area (Å²) in [7, 11) is 0. The van der Waals surface area contributed by atoms with Gasteiger partial charge < -0.3 is 9.26 Å². The number of hydrogen-bond donors (Lipinski definition) is 0. The second kappa shape index (κ2) is 7.27. The molecule has 146 valence electrons. The van der Waals surface area contributed by atoms with Crippen molar-refractivity contribution in [2.45, 2.75) is 25.7 Å². The summed E-state index contributed by atoms with van der Waals surface area (Å²) < 4.78 is 49.9. The number of halogens is 3. The maximum Gasteiger partial charge on any atom is 0.416 e. The van der Waals surface area contributed by atoms with E-state index in [1.165, 1.54) is 12.1 Å². The largest absolute Gasteiger partial charge is 0.492 e. The molecule has 0 fully saturated rings. The summed E-state index contributed by atoms with van der Waals surface area (Å²) in [5.41, 5.74) is 0.580. The summed E-state index contributed by atoms with van der Waals surface area (Å²) >= 11 is 0. The van der Waals surface area contributed by atoms with Gasteiger partial charge in [0.1, 0.15) is 12.4 Å². The van der Waals surface area contributed by atoms with Gasteiger partial charge >= 0.3 is 6.18 Å². The van der Waals surface area contributed by atoms with Gasteiger partial charge in [0.2, 0.25) is 11.7 Å². The number of para-hydroxylation sites is 1. The van der Waals surface area contributed by atoms with Crippen molar-refractivity contribution in [1.29, 1.82) is 0 Å². The van der Waals surface area contributed by atoms with E-state index in [1.54, 1.807) is 0 Å². The van der Waals surface area contributed by atoms with Crippen molar-refractivity contribution in [3.8, 4) is 17.1 Å². The first-order valence-corrected chi connectivity index (χ1v) is 8.88. The lowest BCUT2D eigenvalue weighted by molar-refractivity contribution is -0.137. The molecule has 0 bridgehead atoms. The Morgan fingerprint density at radius 1 is 1.11 bits per heavy atom. The highest BCUT2D eigenvalue weighted by atomic mass is 19.4. The third kappa shape index (κ3) is 3.73. The Morgan fingerprint density at radius 3 is 2.75 bits per heavy atom. The molecule has 4 rings (SSSR count). The molecular weight excluding hydrogens is 371 g/mol. The summed E-state index contributed by atoms with van der Waals surface area (Å²) in [4.78, 5) is 6.47. The first kappa shape index (κ1) is 18.5. The zero-order valence-electron chi connectivity index (χ0n) is 15.1. The van der Waals surface area contributed by atoms with Gasteiger partial charge in [-0.2, -0.15) is 18.2 Å². The van der Waals surface area contributed by atoms with E-state index < -0.39 is 11.7 Å². The van der Waals surface area contributed by atoms with Gasteiger partial charge in [-0.3, -0.25) is 4.90 Å². The predicted molar refractivity (Wildman–Crippen MR) is 95.5 cm³/mol. The Labute approximate surface area is 159 Å². The summed E-state index contributed by atoms with van der Waals surface area (Å²) in [6.45, 7) is 3.77. The normalized spacial score (nSPS) is 16.1. The fraction of sp³-hybridized carbons (Fsp3) is 0.300. The smallest absolute Gasteiger partial charge is 0.416 e. The van der Waals surface area contributed by atoms with Crippen molar-refractivity contribution < 1.29 is 22.4 Å². The van der Waals surface area contributed by atoms with Gasteiger partial charge in [-0.05, 0) is 25.1 Å². The molecule has 0 aliphatic carbocycles. The maximum atomic E-state index is 12.9. The van der Waals surface area contributed by atoms with Crippen LogP contribution in [0.5, 0.6) is 5.75 Å². The number of benzene rings is 2. The number of hydrogen-bond acceptors (Lipinski definition) is 5. The molecule has 0 saturated heterocycles. The zero-order valence-corrected chi connectivity index (χ0v) is 15.1. The standard InChI is InChI=1S/C20H18F3N3O2/c1-13(26-9-10-27-17-8-3-2-5-15(17)12-26)19-24-18(25-28-19)14-6-4-7-16(11-14)20(21,22)23/h2-8,11,13H,9-10,12H2,1H3. The van der Waals surface area contributed by atoms with E-state index in [4.69, 9.17) is 9.26 Å². The SMILES string of the molecule is CC(c1nc(-c2cccc(C(F)(F)F)c2)no1)N1CCOc2ccccc2C1. The number of aromatic nitrogens is 2. The lowest BCUT2D eigenvalue weighted by Crippen LogP contribution is -2.29. The lowest BCUT2D eigenvalue weighted by Gasteiger charge is -2.23. The Kier molecular flexibility index (Phi) is 4.80. The van der Waals surface area contributed by atoms with Gasteiger partial charge in [-0.15, -0.1) is 0 Å². The minimum Gasteiger partial charge on any atom is -0.492 e. The highest BCUT2D eigenvalue weighted by molar-refractivity contribution is 5.55. The van der Waals surface area contributed by atoms with E-state index in [1.807, 2.05) is 31.2 Å². The van der Waals surface area contributed by atoms with Crippen LogP contribution in [-0.2, 0) is 12.7 Å². The van der Waals surface area contributed by atoms with Crippen LogP contribution < -0.4 is 4.74 Å². The third-order valence-electron chi connectivity index (χ3n) is 4.78. The second-order valence-electron chi connectivity index (χ2n) is 6.64. The molecule has 2 heterocycles. The van der Waals surface area contributed by atoms with Crippen LogP contribution in [0, 0.1) is 0 Å². The number of alkyl halides is 3. The van der Waals surface area contributed by atoms with E-state index in [0.717, 1.165) is 23.4 Å². The van der Waals surface area contributed by atoms with Gasteiger partial charge in [0.15, 0.2) is 0 Å². The van der Waals surface area contributed by atoms with Gasteiger partial charge in [0, 0.05) is 24.2 Å². The highest BCUT2D eigenvalue weighted by Crippen LogP contribution is 2.32. The first-order valence-electron chi connectivity index (χ1n) is 8.88. The van der Waals surface area contributed by atoms with Gasteiger partial charge in [0.05, 0.1) is 11.6 Å². The van der Waals surface area contributed by atoms with E-state index in [2.05, 4.69) is 15.0 Å². The summed E-state index contributed by atoms with van der Waals surface area (Å²) in [6.07, 6.45) is -4.42. The second-order valence-corrected chi connectivity index (χ2v) is 6.64. The molecule has 28 heavy (non-hydrogen) atoms. The van der Waals surface area contributed by atoms with Crippen LogP contribution in [0.3, 0.4) is 0 Å². The summed E-state index contributed by atoms with van der Waals surface area (Å²) in [6, 6.07) is 12.5. The predicted octanol–water partition coefficient (Wildman–Crippen LogP) is 4.71. The van der Waals surface area contributed by atoms with Gasteiger partial charge in [-0.25, -0.2) is 0 Å². The number of ether oxygens (including phenoxy) is 1. The zero-order chi connectivity index (χ0) is 19.7. The number of rotatable bonds is 3. The number of nitrogens with zero attached hydrogens (tertiary/aromatic N) is 3. The maximum absolute atomic E-state index is 12.9. The lowest BCUT2D eigenvalue weighted by atomic mass is 10.1. The van der Waals surface area contributed by atoms with Crippen molar-refractivity contribution in [2.24, 2.45) is 0 Å². The molecule has 0 N–H and O–H groups in total. The Morgan fingerprint density at radius 2 is 1.93 bits per heavy atom. The molecule has 8 heteroatoms. The van der Waals surface area contributed by atoms with Crippen LogP contribution >= 0.6 is 0 Å². The molecule has 1 aromatic heterocycles. The van der Waals surface area contributed by atoms with Crippen molar-refractivity contribution in [1.82, 2.24) is 15.0 Å². The van der Waals surface area contributed by atoms with E-state index >= 15 is 0 Å². The van der Waals surface area contributed by atoms with Crippen LogP contribution in [0.1, 0.15) is 30.0 Å². The molecule has 0 amide bonds. The van der Waals surface area contributed by atoms with Crippen LogP contribution in [0.2, 0.25) is 0 Å². The highest BCUT2D eigenvalue weighted by Gasteiger charge is 2.31. The van der Waals surface area contributed by atoms with Crippen molar-refractivity contribution in [3.05, 3.63) is 65.5 Å². The molecule has 0 radical (unpaired) electrons. The van der Waals surface area contributed by atoms with Crippen LogP contribution in [0.15, 0.2) is 53.1 Å². The molecule has 3 aromatic rings. The van der Waals surface area contributed by atoms with Gasteiger partial charge in [-0.1, -0.05) is 35.5 Å². The molecule has 0 saturated carbocycles. The topological polar surface area (TPSA) is 51.4 Å². The molecule has 5 nitrogen and oxygen atoms in total. The Balaban J connectivity index is 1.56. The average molecular weight is 389 g/mol. The van der Waals surface area contributed by atoms with Crippen molar-refractivity contribution in [3.63, 3.8) is 0 Å². The van der Waals surface area contributed by atoms with Gasteiger partial charge in [0.25, 0.3) is 0 Å². The van der Waals surface area contributed by atoms with Crippen LogP contribution in [-0.4, -0.2) is 28.2 Å². The Bertz CT molecular complexity index is 971. The van der Waals surface area contributed by atoms with E-state index in [9.17, 15) is 13.2 Å². The third-order valence-corrected chi connectivity index (χ3v) is 4.78. The average Bonchev–Trinajstić information content (AvgIpc) is 3.07. The monoisotopic (exact) mass is 389 g/mol. The molecule has 1 atom stereocenters. The molecule has 2 aromatic carbocycles. The molecule has 0 spiro atoms. The summed E-state index contributed by atoms with van der Waals surface area (Å²) in [5.74, 6) is 1.35. The number of fused-ring (bicyclic) bond motifs is 1. The summed E-state index contributed by atoms with van der Waals surface area (Å²) in [5, 5.41) is 3.88. The van der Waals surface area contributed by atoms with E-state index in [-0.39, 0.29) is 17.4 Å². The van der Waals surface area contributed by atoms with Crippen molar-refractivity contribution in [2.75, 3.05) is 13.2 Å². The minimum absolute atomic E-state index is 0.138. The minimum atomic E-state index is -4.42. The van der Waals surface area contributed by atoms with E-state index in [0.29, 0.717) is 25.6 Å². The van der Waals surface area contributed by atoms with Crippen LogP contribution in [0.25, 0.3) is 11.4 Å². The van der Waals surface area contributed by atoms with Crippen molar-refractivity contribution >= 4 is 0 Å². The quantitative estimate of drug-likeness (QED) is 0.649. The fourth-order valence-corrected chi connectivity index (χ4v) is 3.19. The molecule has 1 aliphatic heterocycles. The molecule has 1 unspecified atom stereocenters. The first-order chi connectivity index (χ1) is 13.4. The fourth-order valence-electron chi connectivity index (χ4n) is 3.19. The van der Waals surface area contributed by atoms with Crippen LogP contribution in [0.4, 0.5) is 13.2 Å². The molecule has 1 aliphatic rings.